The number of esters is 1. The van der Waals surface area contributed by atoms with E-state index in [0.717, 1.165) is 16.8 Å². The Labute approximate surface area is 132 Å². The van der Waals surface area contributed by atoms with Crippen LogP contribution in [-0.2, 0) is 4.74 Å². The second-order valence-corrected chi connectivity index (χ2v) is 5.05. The molecule has 0 atom stereocenters. The largest absolute Gasteiger partial charge is 0.465 e. The standard InChI is InChI=1S/C17H12ClNO3/c1-21-17(20)13-4-2-12(3-5-13)16-19-15(10-22-16)11-6-8-14(18)9-7-11/h2-10H,1H3. The summed E-state index contributed by atoms with van der Waals surface area (Å²) >= 11 is 5.87. The van der Waals surface area contributed by atoms with E-state index in [1.807, 2.05) is 12.1 Å². The number of aromatic nitrogens is 1. The average Bonchev–Trinajstić information content (AvgIpc) is 3.05. The van der Waals surface area contributed by atoms with Gasteiger partial charge in [-0.2, -0.15) is 0 Å². The number of hydrogen-bond donors (Lipinski definition) is 0. The highest BCUT2D eigenvalue weighted by atomic mass is 35.5. The lowest BCUT2D eigenvalue weighted by Crippen LogP contribution is -2.00. The van der Waals surface area contributed by atoms with Gasteiger partial charge in [0.15, 0.2) is 0 Å². The minimum Gasteiger partial charge on any atom is -0.465 e. The van der Waals surface area contributed by atoms with Gasteiger partial charge < -0.3 is 9.15 Å². The van der Waals surface area contributed by atoms with Gasteiger partial charge in [0.2, 0.25) is 5.89 Å². The van der Waals surface area contributed by atoms with Crippen LogP contribution < -0.4 is 0 Å². The van der Waals surface area contributed by atoms with Crippen molar-refractivity contribution in [1.82, 2.24) is 4.98 Å². The molecule has 5 heteroatoms. The number of carbonyl (C=O) groups excluding carboxylic acids is 1. The molecule has 2 aromatic carbocycles. The number of carbonyl (C=O) groups is 1. The fourth-order valence-electron chi connectivity index (χ4n) is 2.03. The highest BCUT2D eigenvalue weighted by Gasteiger charge is 2.10. The maximum atomic E-state index is 11.4. The predicted molar refractivity (Wildman–Crippen MR) is 83.7 cm³/mol. The van der Waals surface area contributed by atoms with Gasteiger partial charge in [-0.15, -0.1) is 0 Å². The predicted octanol–water partition coefficient (Wildman–Crippen LogP) is 4.45. The number of nitrogens with zero attached hydrogens (tertiary/aromatic N) is 1. The lowest BCUT2D eigenvalue weighted by Gasteiger charge is -1.99. The summed E-state index contributed by atoms with van der Waals surface area (Å²) in [5.41, 5.74) is 2.91. The molecule has 3 rings (SSSR count). The molecule has 22 heavy (non-hydrogen) atoms. The minimum absolute atomic E-state index is 0.374. The van der Waals surface area contributed by atoms with Gasteiger partial charge in [0, 0.05) is 16.1 Å². The maximum absolute atomic E-state index is 11.4. The highest BCUT2D eigenvalue weighted by molar-refractivity contribution is 6.30. The first-order chi connectivity index (χ1) is 10.7. The van der Waals surface area contributed by atoms with Crippen molar-refractivity contribution < 1.29 is 13.9 Å². The van der Waals surface area contributed by atoms with E-state index in [1.165, 1.54) is 7.11 Å². The van der Waals surface area contributed by atoms with Crippen LogP contribution in [0.4, 0.5) is 0 Å². The zero-order valence-electron chi connectivity index (χ0n) is 11.7. The van der Waals surface area contributed by atoms with Gasteiger partial charge in [0.1, 0.15) is 12.0 Å². The summed E-state index contributed by atoms with van der Waals surface area (Å²) in [6.07, 6.45) is 1.59. The molecule has 0 unspecified atom stereocenters. The second kappa shape index (κ2) is 6.03. The number of ether oxygens (including phenoxy) is 1. The van der Waals surface area contributed by atoms with Gasteiger partial charge in [-0.05, 0) is 36.4 Å². The summed E-state index contributed by atoms with van der Waals surface area (Å²) in [4.78, 5) is 15.9. The molecule has 0 amide bonds. The number of methoxy groups -OCH3 is 1. The lowest BCUT2D eigenvalue weighted by atomic mass is 10.1. The molecule has 1 aromatic heterocycles. The molecule has 0 fully saturated rings. The normalized spacial score (nSPS) is 10.5. The van der Waals surface area contributed by atoms with Crippen LogP contribution in [0, 0.1) is 0 Å². The van der Waals surface area contributed by atoms with Crippen molar-refractivity contribution in [2.45, 2.75) is 0 Å². The van der Waals surface area contributed by atoms with E-state index < -0.39 is 0 Å². The molecular weight excluding hydrogens is 302 g/mol. The van der Waals surface area contributed by atoms with E-state index in [2.05, 4.69) is 9.72 Å². The molecule has 0 bridgehead atoms. The van der Waals surface area contributed by atoms with E-state index in [4.69, 9.17) is 16.0 Å². The first-order valence-corrected chi connectivity index (χ1v) is 6.95. The minimum atomic E-state index is -0.374. The summed E-state index contributed by atoms with van der Waals surface area (Å²) in [5.74, 6) is 0.113. The van der Waals surface area contributed by atoms with Crippen molar-refractivity contribution in [3.05, 3.63) is 65.4 Å². The Bertz CT molecular complexity index is 792. The third-order valence-corrected chi connectivity index (χ3v) is 3.45. The van der Waals surface area contributed by atoms with Crippen LogP contribution >= 0.6 is 11.6 Å². The molecule has 0 aliphatic rings. The van der Waals surface area contributed by atoms with Gasteiger partial charge >= 0.3 is 5.97 Å². The Morgan fingerprint density at radius 3 is 2.32 bits per heavy atom. The summed E-state index contributed by atoms with van der Waals surface area (Å²) in [7, 11) is 1.35. The summed E-state index contributed by atoms with van der Waals surface area (Å²) in [6, 6.07) is 14.2. The fourth-order valence-corrected chi connectivity index (χ4v) is 2.15. The van der Waals surface area contributed by atoms with Gasteiger partial charge in [0.05, 0.1) is 12.7 Å². The maximum Gasteiger partial charge on any atom is 0.337 e. The van der Waals surface area contributed by atoms with Crippen LogP contribution in [0.5, 0.6) is 0 Å². The molecule has 0 N–H and O–H groups in total. The van der Waals surface area contributed by atoms with Crippen LogP contribution in [0.3, 0.4) is 0 Å². The van der Waals surface area contributed by atoms with Gasteiger partial charge in [-0.1, -0.05) is 23.7 Å². The number of halogens is 1. The first kappa shape index (κ1) is 14.4. The number of oxazole rings is 1. The summed E-state index contributed by atoms with van der Waals surface area (Å²) in [6.45, 7) is 0. The van der Waals surface area contributed by atoms with Crippen LogP contribution in [-0.4, -0.2) is 18.1 Å². The summed E-state index contributed by atoms with van der Waals surface area (Å²) in [5, 5.41) is 0.672. The Balaban J connectivity index is 1.87. The monoisotopic (exact) mass is 313 g/mol. The molecule has 0 spiro atoms. The zero-order chi connectivity index (χ0) is 15.5. The molecule has 3 aromatic rings. The molecule has 1 heterocycles. The van der Waals surface area contributed by atoms with Gasteiger partial charge in [-0.3, -0.25) is 0 Å². The van der Waals surface area contributed by atoms with E-state index in [1.54, 1.807) is 42.7 Å². The molecule has 0 aliphatic carbocycles. The van der Waals surface area contributed by atoms with Crippen molar-refractivity contribution in [3.63, 3.8) is 0 Å². The van der Waals surface area contributed by atoms with Crippen LogP contribution in [0.2, 0.25) is 5.02 Å². The smallest absolute Gasteiger partial charge is 0.337 e. The number of rotatable bonds is 3. The molecule has 0 radical (unpaired) electrons. The van der Waals surface area contributed by atoms with Gasteiger partial charge in [-0.25, -0.2) is 9.78 Å². The van der Waals surface area contributed by atoms with E-state index >= 15 is 0 Å². The van der Waals surface area contributed by atoms with E-state index in [-0.39, 0.29) is 5.97 Å². The van der Waals surface area contributed by atoms with E-state index in [9.17, 15) is 4.79 Å². The Kier molecular flexibility index (Phi) is 3.94. The third-order valence-electron chi connectivity index (χ3n) is 3.20. The van der Waals surface area contributed by atoms with Crippen molar-refractivity contribution >= 4 is 17.6 Å². The van der Waals surface area contributed by atoms with Crippen molar-refractivity contribution in [2.24, 2.45) is 0 Å². The van der Waals surface area contributed by atoms with Crippen LogP contribution in [0.25, 0.3) is 22.7 Å². The lowest BCUT2D eigenvalue weighted by molar-refractivity contribution is 0.0601. The molecule has 0 saturated heterocycles. The van der Waals surface area contributed by atoms with Gasteiger partial charge in [0.25, 0.3) is 0 Å². The first-order valence-electron chi connectivity index (χ1n) is 6.57. The van der Waals surface area contributed by atoms with E-state index in [0.29, 0.717) is 16.5 Å². The van der Waals surface area contributed by atoms with Crippen LogP contribution in [0.1, 0.15) is 10.4 Å². The molecule has 4 nitrogen and oxygen atoms in total. The van der Waals surface area contributed by atoms with Crippen LogP contribution in [0.15, 0.2) is 59.2 Å². The quantitative estimate of drug-likeness (QED) is 0.670. The Morgan fingerprint density at radius 2 is 1.68 bits per heavy atom. The zero-order valence-corrected chi connectivity index (χ0v) is 12.5. The number of hydrogen-bond acceptors (Lipinski definition) is 4. The van der Waals surface area contributed by atoms with Crippen molar-refractivity contribution in [2.75, 3.05) is 7.11 Å². The third kappa shape index (κ3) is 2.87. The molecule has 110 valence electrons. The average molecular weight is 314 g/mol. The SMILES string of the molecule is COC(=O)c1ccc(-c2nc(-c3ccc(Cl)cc3)co2)cc1. The number of benzene rings is 2. The Morgan fingerprint density at radius 1 is 1.05 bits per heavy atom. The fraction of sp³-hybridized carbons (Fsp3) is 0.0588. The summed E-state index contributed by atoms with van der Waals surface area (Å²) < 4.78 is 10.2. The van der Waals surface area contributed by atoms with Crippen molar-refractivity contribution in [1.29, 1.82) is 0 Å². The van der Waals surface area contributed by atoms with Crippen molar-refractivity contribution in [3.8, 4) is 22.7 Å². The molecular formula is C17H12ClNO3. The molecule has 0 saturated carbocycles. The Hall–Kier alpha value is -2.59. The highest BCUT2D eigenvalue weighted by Crippen LogP contribution is 2.25. The second-order valence-electron chi connectivity index (χ2n) is 4.61. The topological polar surface area (TPSA) is 52.3 Å². The molecule has 0 aliphatic heterocycles.